The summed E-state index contributed by atoms with van der Waals surface area (Å²) >= 11 is 1.62. The lowest BCUT2D eigenvalue weighted by atomic mass is 9.78. The normalized spacial score (nSPS) is 21.8. The van der Waals surface area contributed by atoms with E-state index in [4.69, 9.17) is 4.42 Å². The first-order chi connectivity index (χ1) is 14.0. The Labute approximate surface area is 175 Å². The van der Waals surface area contributed by atoms with E-state index in [9.17, 15) is 14.7 Å². The molecule has 7 heteroatoms. The Kier molecular flexibility index (Phi) is 7.03. The van der Waals surface area contributed by atoms with Gasteiger partial charge in [-0.3, -0.25) is 9.59 Å². The molecule has 2 N–H and O–H groups in total. The quantitative estimate of drug-likeness (QED) is 0.724. The zero-order chi connectivity index (χ0) is 20.9. The van der Waals surface area contributed by atoms with E-state index in [1.54, 1.807) is 22.7 Å². The smallest absolute Gasteiger partial charge is 0.289 e. The van der Waals surface area contributed by atoms with Crippen LogP contribution in [0.25, 0.3) is 0 Å². The zero-order valence-corrected chi connectivity index (χ0v) is 17.7. The van der Waals surface area contributed by atoms with Crippen LogP contribution in [0.1, 0.15) is 48.1 Å². The summed E-state index contributed by atoms with van der Waals surface area (Å²) in [5, 5.41) is 14.2. The molecule has 1 aliphatic heterocycles. The third-order valence-corrected chi connectivity index (χ3v) is 5.89. The minimum atomic E-state index is -0.927. The summed E-state index contributed by atoms with van der Waals surface area (Å²) in [5.41, 5.74) is -0.0541. The van der Waals surface area contributed by atoms with Crippen LogP contribution in [0.4, 0.5) is 0 Å². The van der Waals surface area contributed by atoms with Gasteiger partial charge in [-0.05, 0) is 36.8 Å². The van der Waals surface area contributed by atoms with Crippen LogP contribution in [0, 0.1) is 0 Å². The number of carbonyl (C=O) groups is 2. The summed E-state index contributed by atoms with van der Waals surface area (Å²) in [7, 11) is 0. The molecule has 0 aliphatic carbocycles. The molecule has 2 amide bonds. The Hall–Kier alpha value is -2.25. The van der Waals surface area contributed by atoms with Crippen LogP contribution >= 0.6 is 11.8 Å². The van der Waals surface area contributed by atoms with Crippen LogP contribution < -0.4 is 5.32 Å². The number of likely N-dealkylation sites (tertiary alicyclic amines) is 1. The SMILES string of the molecule is CCCC(=O)N[C@]1(c2ccccc2)CCN(C(=O)c2ccc(CSC)o2)C[C@H]1O. The van der Waals surface area contributed by atoms with Crippen molar-refractivity contribution in [2.75, 3.05) is 19.3 Å². The molecule has 2 heterocycles. The number of rotatable bonds is 7. The molecule has 1 aliphatic rings. The number of β-amino-alcohol motifs (C(OH)–C–C–N with tert-alkyl or cyclic N) is 1. The largest absolute Gasteiger partial charge is 0.455 e. The van der Waals surface area contributed by atoms with Gasteiger partial charge in [-0.2, -0.15) is 11.8 Å². The van der Waals surface area contributed by atoms with Gasteiger partial charge in [-0.25, -0.2) is 0 Å². The number of carbonyl (C=O) groups excluding carboxylic acids is 2. The third-order valence-electron chi connectivity index (χ3n) is 5.31. The van der Waals surface area contributed by atoms with E-state index in [2.05, 4.69) is 5.32 Å². The van der Waals surface area contributed by atoms with E-state index in [0.29, 0.717) is 25.1 Å². The molecule has 29 heavy (non-hydrogen) atoms. The van der Waals surface area contributed by atoms with Gasteiger partial charge in [-0.15, -0.1) is 0 Å². The molecular formula is C22H28N2O4S. The minimum absolute atomic E-state index is 0.0945. The van der Waals surface area contributed by atoms with Gasteiger partial charge in [0.2, 0.25) is 5.91 Å². The van der Waals surface area contributed by atoms with Crippen LogP contribution in [0.2, 0.25) is 0 Å². The van der Waals surface area contributed by atoms with Crippen LogP contribution in [0.3, 0.4) is 0 Å². The number of hydrogen-bond acceptors (Lipinski definition) is 5. The summed E-state index contributed by atoms with van der Waals surface area (Å²) in [6.07, 6.45) is 2.60. The average Bonchev–Trinajstić information content (AvgIpc) is 3.19. The lowest BCUT2D eigenvalue weighted by molar-refractivity contribution is -0.126. The van der Waals surface area contributed by atoms with E-state index in [-0.39, 0.29) is 24.1 Å². The Morgan fingerprint density at radius 2 is 2.03 bits per heavy atom. The van der Waals surface area contributed by atoms with Crippen LogP contribution in [0.5, 0.6) is 0 Å². The van der Waals surface area contributed by atoms with E-state index in [1.807, 2.05) is 49.6 Å². The van der Waals surface area contributed by atoms with Crippen molar-refractivity contribution in [2.45, 2.75) is 43.6 Å². The molecule has 0 bridgehead atoms. The summed E-state index contributed by atoms with van der Waals surface area (Å²) in [4.78, 5) is 26.9. The Balaban J connectivity index is 1.80. The number of aliphatic hydroxyl groups is 1. The maximum Gasteiger partial charge on any atom is 0.289 e. The molecule has 0 saturated carbocycles. The molecule has 2 atom stereocenters. The number of amides is 2. The molecule has 1 saturated heterocycles. The van der Waals surface area contributed by atoms with Gasteiger partial charge >= 0.3 is 0 Å². The van der Waals surface area contributed by atoms with Crippen LogP contribution in [-0.2, 0) is 16.1 Å². The highest BCUT2D eigenvalue weighted by Gasteiger charge is 2.46. The van der Waals surface area contributed by atoms with E-state index in [0.717, 1.165) is 17.7 Å². The van der Waals surface area contributed by atoms with Gasteiger partial charge in [0, 0.05) is 19.5 Å². The minimum Gasteiger partial charge on any atom is -0.455 e. The third kappa shape index (κ3) is 4.67. The van der Waals surface area contributed by atoms with Crippen LogP contribution in [-0.4, -0.2) is 47.3 Å². The molecular weight excluding hydrogens is 388 g/mol. The van der Waals surface area contributed by atoms with Gasteiger partial charge in [0.15, 0.2) is 5.76 Å². The molecule has 6 nitrogen and oxygen atoms in total. The molecule has 0 radical (unpaired) electrons. The lowest BCUT2D eigenvalue weighted by Crippen LogP contribution is -2.62. The summed E-state index contributed by atoms with van der Waals surface area (Å²) < 4.78 is 5.64. The molecule has 1 aromatic carbocycles. The highest BCUT2D eigenvalue weighted by molar-refractivity contribution is 7.97. The van der Waals surface area contributed by atoms with Crippen LogP contribution in [0.15, 0.2) is 46.9 Å². The average molecular weight is 417 g/mol. The number of furan rings is 1. The fourth-order valence-electron chi connectivity index (χ4n) is 3.82. The maximum absolute atomic E-state index is 12.9. The number of nitrogens with one attached hydrogen (secondary N) is 1. The van der Waals surface area contributed by atoms with Crippen molar-refractivity contribution in [2.24, 2.45) is 0 Å². The monoisotopic (exact) mass is 416 g/mol. The number of nitrogens with zero attached hydrogens (tertiary/aromatic N) is 1. The molecule has 2 aromatic rings. The number of benzene rings is 1. The summed E-state index contributed by atoms with van der Waals surface area (Å²) in [6, 6.07) is 13.0. The van der Waals surface area contributed by atoms with Crippen molar-refractivity contribution in [3.05, 3.63) is 59.5 Å². The Bertz CT molecular complexity index is 838. The first-order valence-electron chi connectivity index (χ1n) is 9.91. The Morgan fingerprint density at radius 1 is 1.28 bits per heavy atom. The topological polar surface area (TPSA) is 82.8 Å². The van der Waals surface area contributed by atoms with Crippen molar-refractivity contribution in [1.29, 1.82) is 0 Å². The van der Waals surface area contributed by atoms with Gasteiger partial charge in [0.25, 0.3) is 5.91 Å². The number of aliphatic hydroxyl groups excluding tert-OH is 1. The molecule has 1 aromatic heterocycles. The standard InChI is InChI=1S/C22H28N2O4S/c1-3-7-20(26)23-22(16-8-5-4-6-9-16)12-13-24(14-19(22)25)21(27)18-11-10-17(28-18)15-29-2/h4-6,8-11,19,25H,3,7,12-15H2,1-2H3,(H,23,26)/t19-,22+/m1/s1. The van der Waals surface area contributed by atoms with Crippen molar-refractivity contribution in [1.82, 2.24) is 10.2 Å². The zero-order valence-electron chi connectivity index (χ0n) is 16.9. The fraction of sp³-hybridized carbons (Fsp3) is 0.455. The van der Waals surface area contributed by atoms with Gasteiger partial charge < -0.3 is 19.7 Å². The van der Waals surface area contributed by atoms with Gasteiger partial charge in [-0.1, -0.05) is 37.3 Å². The second-order valence-corrected chi connectivity index (χ2v) is 8.22. The number of thioether (sulfide) groups is 1. The second-order valence-electron chi connectivity index (χ2n) is 7.35. The van der Waals surface area contributed by atoms with E-state index in [1.165, 1.54) is 0 Å². The summed E-state index contributed by atoms with van der Waals surface area (Å²) in [6.45, 7) is 2.48. The second kappa shape index (κ2) is 9.50. The molecule has 156 valence electrons. The first kappa shape index (κ1) is 21.5. The van der Waals surface area contributed by atoms with Gasteiger partial charge in [0.1, 0.15) is 5.76 Å². The fourth-order valence-corrected chi connectivity index (χ4v) is 4.26. The first-order valence-corrected chi connectivity index (χ1v) is 11.3. The van der Waals surface area contributed by atoms with Gasteiger partial charge in [0.05, 0.1) is 17.4 Å². The number of piperidine rings is 1. The van der Waals surface area contributed by atoms with Crippen molar-refractivity contribution >= 4 is 23.6 Å². The van der Waals surface area contributed by atoms with E-state index >= 15 is 0 Å². The Morgan fingerprint density at radius 3 is 2.69 bits per heavy atom. The van der Waals surface area contributed by atoms with Crippen molar-refractivity contribution in [3.63, 3.8) is 0 Å². The molecule has 0 spiro atoms. The predicted octanol–water partition coefficient (Wildman–Crippen LogP) is 3.16. The maximum atomic E-state index is 12.9. The lowest BCUT2D eigenvalue weighted by Gasteiger charge is -2.46. The molecule has 0 unspecified atom stereocenters. The number of hydrogen-bond donors (Lipinski definition) is 2. The highest BCUT2D eigenvalue weighted by Crippen LogP contribution is 2.34. The molecule has 1 fully saturated rings. The highest BCUT2D eigenvalue weighted by atomic mass is 32.2. The van der Waals surface area contributed by atoms with E-state index < -0.39 is 11.6 Å². The van der Waals surface area contributed by atoms with Crippen molar-refractivity contribution < 1.29 is 19.1 Å². The van der Waals surface area contributed by atoms with Crippen molar-refractivity contribution in [3.8, 4) is 0 Å². The predicted molar refractivity (Wildman–Crippen MR) is 114 cm³/mol. The molecule has 3 rings (SSSR count). The summed E-state index contributed by atoms with van der Waals surface area (Å²) in [5.74, 6) is 1.41.